The predicted molar refractivity (Wildman–Crippen MR) is 118 cm³/mol. The summed E-state index contributed by atoms with van der Waals surface area (Å²) >= 11 is 1.44. The van der Waals surface area contributed by atoms with Gasteiger partial charge in [-0.3, -0.25) is 9.59 Å². The van der Waals surface area contributed by atoms with Crippen LogP contribution in [0.4, 0.5) is 5.13 Å². The Hall–Kier alpha value is -3.52. The van der Waals surface area contributed by atoms with E-state index in [1.165, 1.54) is 22.1 Å². The van der Waals surface area contributed by atoms with Gasteiger partial charge in [0.25, 0.3) is 5.56 Å². The van der Waals surface area contributed by atoms with Crippen LogP contribution in [0.25, 0.3) is 21.5 Å². The first-order valence-electron chi connectivity index (χ1n) is 9.50. The fraction of sp³-hybridized carbons (Fsp3) is 0.182. The van der Waals surface area contributed by atoms with Gasteiger partial charge in [0.05, 0.1) is 23.0 Å². The van der Waals surface area contributed by atoms with Crippen molar-refractivity contribution in [3.63, 3.8) is 0 Å². The number of nitrogens with one attached hydrogen (secondary N) is 1. The molecule has 1 N–H and O–H groups in total. The van der Waals surface area contributed by atoms with Gasteiger partial charge in [-0.25, -0.2) is 9.67 Å². The summed E-state index contributed by atoms with van der Waals surface area (Å²) in [5.41, 5.74) is 2.25. The molecule has 152 valence electrons. The first-order chi connectivity index (χ1) is 14.6. The topological polar surface area (TPSA) is 86.1 Å². The Labute approximate surface area is 177 Å². The van der Waals surface area contributed by atoms with Gasteiger partial charge in [-0.2, -0.15) is 5.10 Å². The summed E-state index contributed by atoms with van der Waals surface area (Å²) in [5.74, 6) is 0.625. The van der Waals surface area contributed by atoms with Gasteiger partial charge in [0.1, 0.15) is 5.75 Å². The van der Waals surface area contributed by atoms with Gasteiger partial charge in [-0.1, -0.05) is 23.5 Å². The zero-order chi connectivity index (χ0) is 20.9. The number of thiazole rings is 1. The Morgan fingerprint density at radius 2 is 1.90 bits per heavy atom. The maximum atomic E-state index is 12.2. The molecule has 0 aliphatic heterocycles. The molecule has 4 aromatic rings. The van der Waals surface area contributed by atoms with Gasteiger partial charge in [0.15, 0.2) is 5.13 Å². The van der Waals surface area contributed by atoms with Crippen molar-refractivity contribution >= 4 is 32.6 Å². The lowest BCUT2D eigenvalue weighted by molar-refractivity contribution is -0.116. The molecule has 2 heterocycles. The molecule has 0 atom stereocenters. The van der Waals surface area contributed by atoms with Crippen LogP contribution in [0.15, 0.2) is 65.5 Å². The van der Waals surface area contributed by atoms with Crippen LogP contribution in [0.1, 0.15) is 12.8 Å². The molecule has 0 saturated heterocycles. The van der Waals surface area contributed by atoms with Crippen LogP contribution < -0.4 is 15.6 Å². The number of anilines is 1. The molecule has 4 rings (SSSR count). The third-order valence-electron chi connectivity index (χ3n) is 4.57. The van der Waals surface area contributed by atoms with Gasteiger partial charge < -0.3 is 10.1 Å². The molecule has 1 amide bonds. The van der Waals surface area contributed by atoms with Crippen molar-refractivity contribution in [3.05, 3.63) is 71.0 Å². The zero-order valence-electron chi connectivity index (χ0n) is 16.4. The molecule has 2 aromatic carbocycles. The van der Waals surface area contributed by atoms with Gasteiger partial charge in [-0.05, 0) is 48.9 Å². The molecule has 0 unspecified atom stereocenters. The number of aryl methyl sites for hydroxylation is 1. The largest absolute Gasteiger partial charge is 0.497 e. The molecule has 7 nitrogen and oxygen atoms in total. The maximum absolute atomic E-state index is 12.2. The van der Waals surface area contributed by atoms with E-state index in [9.17, 15) is 9.59 Å². The highest BCUT2D eigenvalue weighted by Crippen LogP contribution is 2.25. The SMILES string of the molecule is COc1ccc(-c2ccc(=O)n(CCCC(=O)Nc3nc4ccccc4s3)n2)cc1. The van der Waals surface area contributed by atoms with E-state index in [4.69, 9.17) is 4.74 Å². The third-order valence-corrected chi connectivity index (χ3v) is 5.52. The maximum Gasteiger partial charge on any atom is 0.266 e. The van der Waals surface area contributed by atoms with Crippen LogP contribution in [0.3, 0.4) is 0 Å². The smallest absolute Gasteiger partial charge is 0.266 e. The van der Waals surface area contributed by atoms with Gasteiger partial charge in [0.2, 0.25) is 5.91 Å². The molecule has 0 bridgehead atoms. The van der Waals surface area contributed by atoms with E-state index in [0.29, 0.717) is 23.8 Å². The van der Waals surface area contributed by atoms with Crippen LogP contribution >= 0.6 is 11.3 Å². The molecule has 0 radical (unpaired) electrons. The van der Waals surface area contributed by atoms with Crippen molar-refractivity contribution in [3.8, 4) is 17.0 Å². The summed E-state index contributed by atoms with van der Waals surface area (Å²) in [6, 6.07) is 18.4. The van der Waals surface area contributed by atoms with E-state index in [0.717, 1.165) is 21.5 Å². The first-order valence-corrected chi connectivity index (χ1v) is 10.3. The normalized spacial score (nSPS) is 10.8. The number of fused-ring (bicyclic) bond motifs is 1. The Morgan fingerprint density at radius 1 is 1.10 bits per heavy atom. The highest BCUT2D eigenvalue weighted by molar-refractivity contribution is 7.22. The van der Waals surface area contributed by atoms with E-state index in [1.807, 2.05) is 48.5 Å². The minimum Gasteiger partial charge on any atom is -0.497 e. The van der Waals surface area contributed by atoms with E-state index in [2.05, 4.69) is 15.4 Å². The molecule has 8 heteroatoms. The number of ether oxygens (including phenoxy) is 1. The van der Waals surface area contributed by atoms with E-state index in [1.54, 1.807) is 13.2 Å². The Balaban J connectivity index is 1.37. The zero-order valence-corrected chi connectivity index (χ0v) is 17.2. The van der Waals surface area contributed by atoms with E-state index in [-0.39, 0.29) is 17.9 Å². The molecular weight excluding hydrogens is 400 g/mol. The second kappa shape index (κ2) is 8.87. The number of hydrogen-bond donors (Lipinski definition) is 1. The van der Waals surface area contributed by atoms with Gasteiger partial charge >= 0.3 is 0 Å². The summed E-state index contributed by atoms with van der Waals surface area (Å²) in [6.07, 6.45) is 0.770. The minimum absolute atomic E-state index is 0.131. The number of para-hydroxylation sites is 1. The molecule has 0 aliphatic rings. The number of rotatable bonds is 7. The average molecular weight is 420 g/mol. The lowest BCUT2D eigenvalue weighted by Gasteiger charge is -2.08. The predicted octanol–water partition coefficient (Wildman–Crippen LogP) is 3.95. The lowest BCUT2D eigenvalue weighted by atomic mass is 10.1. The van der Waals surface area contributed by atoms with E-state index >= 15 is 0 Å². The highest BCUT2D eigenvalue weighted by Gasteiger charge is 2.09. The van der Waals surface area contributed by atoms with Crippen LogP contribution in [-0.2, 0) is 11.3 Å². The van der Waals surface area contributed by atoms with Crippen LogP contribution in [0, 0.1) is 0 Å². The molecule has 0 fully saturated rings. The van der Waals surface area contributed by atoms with Crippen molar-refractivity contribution in [2.24, 2.45) is 0 Å². The summed E-state index contributed by atoms with van der Waals surface area (Å²) in [4.78, 5) is 28.8. The average Bonchev–Trinajstić information content (AvgIpc) is 3.17. The molecule has 2 aromatic heterocycles. The second-order valence-electron chi connectivity index (χ2n) is 6.65. The molecule has 0 spiro atoms. The minimum atomic E-state index is -0.196. The van der Waals surface area contributed by atoms with Gasteiger partial charge in [0, 0.05) is 24.6 Å². The Bertz CT molecular complexity index is 1200. The number of hydrogen-bond acceptors (Lipinski definition) is 6. The lowest BCUT2D eigenvalue weighted by Crippen LogP contribution is -2.23. The van der Waals surface area contributed by atoms with E-state index < -0.39 is 0 Å². The van der Waals surface area contributed by atoms with Crippen LogP contribution in [-0.4, -0.2) is 27.8 Å². The molecule has 0 aliphatic carbocycles. The Morgan fingerprint density at radius 3 is 2.67 bits per heavy atom. The molecular formula is C22H20N4O3S. The quantitative estimate of drug-likeness (QED) is 0.489. The summed E-state index contributed by atoms with van der Waals surface area (Å²) in [6.45, 7) is 0.357. The van der Waals surface area contributed by atoms with Gasteiger partial charge in [-0.15, -0.1) is 0 Å². The monoisotopic (exact) mass is 420 g/mol. The van der Waals surface area contributed by atoms with Crippen LogP contribution in [0.2, 0.25) is 0 Å². The standard InChI is InChI=1S/C22H20N4O3S/c1-29-16-10-8-15(9-11-16)17-12-13-21(28)26(25-17)14-4-7-20(27)24-22-23-18-5-2-3-6-19(18)30-22/h2-3,5-6,8-13H,4,7,14H2,1H3,(H,23,24,27). The summed E-state index contributed by atoms with van der Waals surface area (Å²) in [7, 11) is 1.61. The van der Waals surface area contributed by atoms with Crippen molar-refractivity contribution in [2.75, 3.05) is 12.4 Å². The van der Waals surface area contributed by atoms with Crippen molar-refractivity contribution in [2.45, 2.75) is 19.4 Å². The fourth-order valence-corrected chi connectivity index (χ4v) is 3.90. The number of methoxy groups -OCH3 is 1. The summed E-state index contributed by atoms with van der Waals surface area (Å²) < 4.78 is 7.59. The number of aromatic nitrogens is 3. The number of carbonyl (C=O) groups excluding carboxylic acids is 1. The first kappa shape index (κ1) is 19.8. The fourth-order valence-electron chi connectivity index (χ4n) is 3.02. The highest BCUT2D eigenvalue weighted by atomic mass is 32.1. The van der Waals surface area contributed by atoms with Crippen molar-refractivity contribution in [1.82, 2.24) is 14.8 Å². The van der Waals surface area contributed by atoms with Crippen molar-refractivity contribution < 1.29 is 9.53 Å². The van der Waals surface area contributed by atoms with Crippen molar-refractivity contribution in [1.29, 1.82) is 0 Å². The number of amides is 1. The number of benzene rings is 2. The Kier molecular flexibility index (Phi) is 5.85. The number of carbonyl (C=O) groups is 1. The molecule has 30 heavy (non-hydrogen) atoms. The molecule has 0 saturated carbocycles. The van der Waals surface area contributed by atoms with Crippen LogP contribution in [0.5, 0.6) is 5.75 Å². The summed E-state index contributed by atoms with van der Waals surface area (Å²) in [5, 5.41) is 7.84. The second-order valence-corrected chi connectivity index (χ2v) is 7.68. The third kappa shape index (κ3) is 4.55. The number of nitrogens with zero attached hydrogens (tertiary/aromatic N) is 3.